The van der Waals surface area contributed by atoms with E-state index in [9.17, 15) is 0 Å². The Hall–Kier alpha value is -1.50. The molecule has 0 heterocycles. The van der Waals surface area contributed by atoms with Gasteiger partial charge in [0.25, 0.3) is 0 Å². The molecule has 0 aliphatic carbocycles. The van der Waals surface area contributed by atoms with Crippen molar-refractivity contribution in [1.29, 1.82) is 0 Å². The maximum atomic E-state index is 4.06. The highest BCUT2D eigenvalue weighted by atomic mass is 15.1. The average Bonchev–Trinajstić information content (AvgIpc) is 2.26. The van der Waals surface area contributed by atoms with E-state index in [1.54, 1.807) is 0 Å². The van der Waals surface area contributed by atoms with E-state index in [1.165, 1.54) is 5.69 Å². The van der Waals surface area contributed by atoms with Crippen molar-refractivity contribution in [3.8, 4) is 0 Å². The van der Waals surface area contributed by atoms with Gasteiger partial charge in [-0.05, 0) is 38.5 Å². The lowest BCUT2D eigenvalue weighted by Crippen LogP contribution is -2.32. The minimum atomic E-state index is 0.457. The van der Waals surface area contributed by atoms with Gasteiger partial charge in [-0.1, -0.05) is 36.9 Å². The predicted octanol–water partition coefficient (Wildman–Crippen LogP) is 4.03. The van der Waals surface area contributed by atoms with Crippen molar-refractivity contribution < 1.29 is 0 Å². The summed E-state index contributed by atoms with van der Waals surface area (Å²) in [6.07, 6.45) is 0. The summed E-state index contributed by atoms with van der Waals surface area (Å²) in [5.74, 6) is 0. The topological polar surface area (TPSA) is 3.24 Å². The zero-order valence-corrected chi connectivity index (χ0v) is 10.5. The van der Waals surface area contributed by atoms with Crippen molar-refractivity contribution >= 4 is 5.69 Å². The predicted molar refractivity (Wildman–Crippen MR) is 72.9 cm³/mol. The van der Waals surface area contributed by atoms with Crippen molar-refractivity contribution in [2.24, 2.45) is 0 Å². The van der Waals surface area contributed by atoms with E-state index in [4.69, 9.17) is 0 Å². The Kier molecular flexibility index (Phi) is 4.36. The molecule has 0 aliphatic heterocycles. The van der Waals surface area contributed by atoms with Crippen LogP contribution in [0, 0.1) is 0 Å². The zero-order chi connectivity index (χ0) is 12.1. The van der Waals surface area contributed by atoms with E-state index in [1.807, 2.05) is 13.0 Å². The standard InChI is InChI=1S/C15H21N/c1-12(2)14(5)11-16(13(3)4)15-9-7-6-8-10-15/h6-10,13H,1,5,11H2,2-4H3. The summed E-state index contributed by atoms with van der Waals surface area (Å²) >= 11 is 0. The normalized spacial score (nSPS) is 10.2. The molecule has 0 amide bonds. The lowest BCUT2D eigenvalue weighted by atomic mass is 10.1. The fraction of sp³-hybridized carbons (Fsp3) is 0.333. The molecular formula is C15H21N. The molecule has 0 N–H and O–H groups in total. The van der Waals surface area contributed by atoms with E-state index >= 15 is 0 Å². The molecule has 16 heavy (non-hydrogen) atoms. The van der Waals surface area contributed by atoms with Crippen LogP contribution in [0.25, 0.3) is 0 Å². The fourth-order valence-corrected chi connectivity index (χ4v) is 1.53. The van der Waals surface area contributed by atoms with Gasteiger partial charge in [0.15, 0.2) is 0 Å². The number of hydrogen-bond acceptors (Lipinski definition) is 1. The molecule has 0 atom stereocenters. The van der Waals surface area contributed by atoms with Crippen molar-refractivity contribution in [3.63, 3.8) is 0 Å². The van der Waals surface area contributed by atoms with Crippen molar-refractivity contribution in [3.05, 3.63) is 54.6 Å². The third-order valence-electron chi connectivity index (χ3n) is 2.68. The maximum Gasteiger partial charge on any atom is 0.0428 e. The van der Waals surface area contributed by atoms with E-state index in [-0.39, 0.29) is 0 Å². The molecule has 86 valence electrons. The van der Waals surface area contributed by atoms with Crippen molar-refractivity contribution in [2.75, 3.05) is 11.4 Å². The average molecular weight is 215 g/mol. The molecule has 1 aromatic carbocycles. The monoisotopic (exact) mass is 215 g/mol. The summed E-state index contributed by atoms with van der Waals surface area (Å²) in [5.41, 5.74) is 3.39. The quantitative estimate of drug-likeness (QED) is 0.670. The molecule has 1 nitrogen and oxygen atoms in total. The Morgan fingerprint density at radius 2 is 1.75 bits per heavy atom. The molecule has 0 saturated carbocycles. The number of rotatable bonds is 5. The third-order valence-corrected chi connectivity index (χ3v) is 2.68. The van der Waals surface area contributed by atoms with Gasteiger partial charge >= 0.3 is 0 Å². The molecular weight excluding hydrogens is 194 g/mol. The highest BCUT2D eigenvalue weighted by Crippen LogP contribution is 2.19. The van der Waals surface area contributed by atoms with Crippen LogP contribution in [0.5, 0.6) is 0 Å². The number of hydrogen-bond donors (Lipinski definition) is 0. The molecule has 0 aliphatic rings. The first-order valence-electron chi connectivity index (χ1n) is 5.67. The highest BCUT2D eigenvalue weighted by Gasteiger charge is 2.11. The van der Waals surface area contributed by atoms with Crippen LogP contribution in [0.4, 0.5) is 5.69 Å². The third kappa shape index (κ3) is 3.27. The minimum Gasteiger partial charge on any atom is -0.365 e. The van der Waals surface area contributed by atoms with Crippen LogP contribution in [-0.4, -0.2) is 12.6 Å². The van der Waals surface area contributed by atoms with Gasteiger partial charge in [0.1, 0.15) is 0 Å². The molecule has 0 saturated heterocycles. The van der Waals surface area contributed by atoms with Crippen molar-refractivity contribution in [1.82, 2.24) is 0 Å². The highest BCUT2D eigenvalue weighted by molar-refractivity contribution is 5.49. The van der Waals surface area contributed by atoms with Crippen LogP contribution < -0.4 is 4.90 Å². The number of para-hydroxylation sites is 1. The van der Waals surface area contributed by atoms with Crippen LogP contribution in [0.2, 0.25) is 0 Å². The molecule has 0 unspecified atom stereocenters. The lowest BCUT2D eigenvalue weighted by Gasteiger charge is -2.30. The molecule has 1 heteroatoms. The fourth-order valence-electron chi connectivity index (χ4n) is 1.53. The molecule has 0 spiro atoms. The Morgan fingerprint density at radius 1 is 1.19 bits per heavy atom. The summed E-state index contributed by atoms with van der Waals surface area (Å²) in [6, 6.07) is 10.9. The van der Waals surface area contributed by atoms with Gasteiger partial charge in [-0.3, -0.25) is 0 Å². The first kappa shape index (κ1) is 12.6. The zero-order valence-electron chi connectivity index (χ0n) is 10.5. The molecule has 0 aromatic heterocycles. The largest absolute Gasteiger partial charge is 0.365 e. The summed E-state index contributed by atoms with van der Waals surface area (Å²) in [4.78, 5) is 2.33. The van der Waals surface area contributed by atoms with Gasteiger partial charge < -0.3 is 4.90 Å². The van der Waals surface area contributed by atoms with Crippen LogP contribution in [-0.2, 0) is 0 Å². The van der Waals surface area contributed by atoms with Crippen LogP contribution in [0.3, 0.4) is 0 Å². The van der Waals surface area contributed by atoms with Gasteiger partial charge in [0.2, 0.25) is 0 Å². The van der Waals surface area contributed by atoms with Gasteiger partial charge in [0.05, 0.1) is 0 Å². The first-order valence-corrected chi connectivity index (χ1v) is 5.67. The Labute approximate surface area is 99.1 Å². The molecule has 0 radical (unpaired) electrons. The van der Waals surface area contributed by atoms with Gasteiger partial charge in [0, 0.05) is 18.3 Å². The first-order chi connectivity index (χ1) is 7.52. The molecule has 0 fully saturated rings. The van der Waals surface area contributed by atoms with Gasteiger partial charge in [-0.2, -0.15) is 0 Å². The van der Waals surface area contributed by atoms with E-state index in [0.29, 0.717) is 6.04 Å². The van der Waals surface area contributed by atoms with Crippen molar-refractivity contribution in [2.45, 2.75) is 26.8 Å². The second-order valence-corrected chi connectivity index (χ2v) is 4.44. The molecule has 0 bridgehead atoms. The van der Waals surface area contributed by atoms with Crippen LogP contribution in [0.15, 0.2) is 54.6 Å². The van der Waals surface area contributed by atoms with Gasteiger partial charge in [-0.15, -0.1) is 0 Å². The van der Waals surface area contributed by atoms with Crippen LogP contribution in [0.1, 0.15) is 20.8 Å². The van der Waals surface area contributed by atoms with Gasteiger partial charge in [-0.25, -0.2) is 0 Å². The van der Waals surface area contributed by atoms with E-state index in [2.05, 4.69) is 56.2 Å². The summed E-state index contributed by atoms with van der Waals surface area (Å²) in [6.45, 7) is 15.2. The second kappa shape index (κ2) is 5.55. The summed E-state index contributed by atoms with van der Waals surface area (Å²) < 4.78 is 0. The van der Waals surface area contributed by atoms with E-state index < -0.39 is 0 Å². The Bertz CT molecular complexity index is 362. The Morgan fingerprint density at radius 3 is 2.19 bits per heavy atom. The summed E-state index contributed by atoms with van der Waals surface area (Å²) in [5, 5.41) is 0. The maximum absolute atomic E-state index is 4.06. The number of anilines is 1. The second-order valence-electron chi connectivity index (χ2n) is 4.44. The van der Waals surface area contributed by atoms with Crippen LogP contribution >= 0.6 is 0 Å². The Balaban J connectivity index is 2.85. The molecule has 1 aromatic rings. The lowest BCUT2D eigenvalue weighted by molar-refractivity contribution is 0.714. The SMILES string of the molecule is C=C(C)C(=C)CN(c1ccccc1)C(C)C. The molecule has 1 rings (SSSR count). The number of nitrogens with zero attached hydrogens (tertiary/aromatic N) is 1. The minimum absolute atomic E-state index is 0.457. The summed E-state index contributed by atoms with van der Waals surface area (Å²) in [7, 11) is 0. The van der Waals surface area contributed by atoms with E-state index in [0.717, 1.165) is 17.7 Å². The number of benzene rings is 1. The smallest absolute Gasteiger partial charge is 0.0428 e.